The zero-order valence-electron chi connectivity index (χ0n) is 11.5. The summed E-state index contributed by atoms with van der Waals surface area (Å²) in [6, 6.07) is 16.5. The number of benzene rings is 2. The number of hydrogen-bond donors (Lipinski definition) is 1. The minimum absolute atomic E-state index is 0.557. The molecule has 0 bridgehead atoms. The van der Waals surface area contributed by atoms with Gasteiger partial charge in [0.2, 0.25) is 0 Å². The van der Waals surface area contributed by atoms with Gasteiger partial charge in [-0.15, -0.1) is 0 Å². The van der Waals surface area contributed by atoms with Gasteiger partial charge in [-0.1, -0.05) is 58.4 Å². The maximum Gasteiger partial charge on any atom is 0.256 e. The molecule has 0 saturated heterocycles. The summed E-state index contributed by atoms with van der Waals surface area (Å²) in [6.45, 7) is 0. The highest BCUT2D eigenvalue weighted by Crippen LogP contribution is 2.59. The second kappa shape index (κ2) is 7.19. The predicted octanol–water partition coefficient (Wildman–Crippen LogP) is 5.04. The molecule has 0 aliphatic carbocycles. The zero-order valence-corrected chi connectivity index (χ0v) is 14.0. The standard InChI is InChI=1S/C16H16BrO3P/c1-20-21(19,12-11-13-5-3-2-4-6-13)16(18)14-7-9-15(17)10-8-14/h2-12,16,18H,1H3/b12-11+. The largest absolute Gasteiger partial charge is 0.378 e. The van der Waals surface area contributed by atoms with Crippen LogP contribution in [0.1, 0.15) is 17.0 Å². The van der Waals surface area contributed by atoms with Crippen LogP contribution in [-0.4, -0.2) is 12.2 Å². The topological polar surface area (TPSA) is 46.5 Å². The molecule has 3 nitrogen and oxygen atoms in total. The number of rotatable bonds is 5. The predicted molar refractivity (Wildman–Crippen MR) is 89.2 cm³/mol. The molecular weight excluding hydrogens is 351 g/mol. The Morgan fingerprint density at radius 3 is 2.33 bits per heavy atom. The van der Waals surface area contributed by atoms with Crippen LogP contribution in [0.25, 0.3) is 6.08 Å². The first-order chi connectivity index (χ1) is 10.0. The summed E-state index contributed by atoms with van der Waals surface area (Å²) in [5.74, 6) is 0.269. The Kier molecular flexibility index (Phi) is 5.54. The van der Waals surface area contributed by atoms with Gasteiger partial charge in [0.25, 0.3) is 7.37 Å². The highest BCUT2D eigenvalue weighted by molar-refractivity contribution is 9.10. The molecule has 0 aliphatic heterocycles. The monoisotopic (exact) mass is 366 g/mol. The Hall–Kier alpha value is -1.19. The molecular formula is C16H16BrO3P. The van der Waals surface area contributed by atoms with E-state index in [1.807, 2.05) is 30.3 Å². The summed E-state index contributed by atoms with van der Waals surface area (Å²) < 4.78 is 18.8. The molecule has 0 amide bonds. The lowest BCUT2D eigenvalue weighted by molar-refractivity contribution is 0.228. The van der Waals surface area contributed by atoms with Crippen molar-refractivity contribution in [2.24, 2.45) is 0 Å². The SMILES string of the molecule is COP(=O)(/C=C/c1ccccc1)C(O)c1ccc(Br)cc1. The van der Waals surface area contributed by atoms with Gasteiger partial charge in [0.1, 0.15) is 0 Å². The van der Waals surface area contributed by atoms with Crippen molar-refractivity contribution in [2.75, 3.05) is 7.11 Å². The molecule has 2 unspecified atom stereocenters. The lowest BCUT2D eigenvalue weighted by Crippen LogP contribution is -1.99. The van der Waals surface area contributed by atoms with Crippen molar-refractivity contribution in [3.63, 3.8) is 0 Å². The van der Waals surface area contributed by atoms with Crippen LogP contribution in [0.5, 0.6) is 0 Å². The van der Waals surface area contributed by atoms with Crippen LogP contribution in [-0.2, 0) is 9.09 Å². The Morgan fingerprint density at radius 1 is 1.14 bits per heavy atom. The maximum absolute atomic E-state index is 12.8. The van der Waals surface area contributed by atoms with Crippen molar-refractivity contribution in [3.8, 4) is 0 Å². The van der Waals surface area contributed by atoms with Crippen molar-refractivity contribution >= 4 is 29.4 Å². The number of halogens is 1. The Labute approximate surface area is 132 Å². The van der Waals surface area contributed by atoms with Crippen LogP contribution in [0.15, 0.2) is 64.9 Å². The third-order valence-corrected chi connectivity index (χ3v) is 5.71. The molecule has 0 aliphatic rings. The van der Waals surface area contributed by atoms with Crippen molar-refractivity contribution in [3.05, 3.63) is 76.0 Å². The van der Waals surface area contributed by atoms with Crippen molar-refractivity contribution in [2.45, 2.75) is 5.85 Å². The van der Waals surface area contributed by atoms with Crippen LogP contribution >= 0.6 is 23.3 Å². The highest BCUT2D eigenvalue weighted by Gasteiger charge is 2.30. The second-order valence-electron chi connectivity index (χ2n) is 4.48. The fraction of sp³-hybridized carbons (Fsp3) is 0.125. The molecule has 2 aromatic carbocycles. The molecule has 2 atom stereocenters. The Bertz CT molecular complexity index is 653. The average molecular weight is 367 g/mol. The molecule has 0 saturated carbocycles. The van der Waals surface area contributed by atoms with E-state index in [-0.39, 0.29) is 0 Å². The molecule has 0 radical (unpaired) electrons. The van der Waals surface area contributed by atoms with E-state index in [2.05, 4.69) is 15.9 Å². The number of aliphatic hydroxyl groups excluding tert-OH is 1. The van der Waals surface area contributed by atoms with E-state index in [4.69, 9.17) is 4.52 Å². The van der Waals surface area contributed by atoms with Crippen molar-refractivity contribution in [1.82, 2.24) is 0 Å². The van der Waals surface area contributed by atoms with Gasteiger partial charge in [-0.25, -0.2) is 0 Å². The van der Waals surface area contributed by atoms with Crippen LogP contribution in [0.3, 0.4) is 0 Å². The lowest BCUT2D eigenvalue weighted by Gasteiger charge is -2.19. The zero-order chi connectivity index (χ0) is 15.3. The molecule has 1 N–H and O–H groups in total. The molecule has 21 heavy (non-hydrogen) atoms. The first-order valence-corrected chi connectivity index (χ1v) is 8.94. The van der Waals surface area contributed by atoms with E-state index < -0.39 is 13.2 Å². The van der Waals surface area contributed by atoms with E-state index in [1.54, 1.807) is 30.3 Å². The average Bonchev–Trinajstić information content (AvgIpc) is 2.53. The lowest BCUT2D eigenvalue weighted by atomic mass is 10.2. The summed E-state index contributed by atoms with van der Waals surface area (Å²) >= 11 is 3.33. The normalized spacial score (nSPS) is 15.8. The van der Waals surface area contributed by atoms with Gasteiger partial charge >= 0.3 is 0 Å². The number of hydrogen-bond acceptors (Lipinski definition) is 3. The third kappa shape index (κ3) is 4.14. The second-order valence-corrected chi connectivity index (χ2v) is 7.84. The highest BCUT2D eigenvalue weighted by atomic mass is 79.9. The first-order valence-electron chi connectivity index (χ1n) is 6.38. The molecule has 2 rings (SSSR count). The molecule has 110 valence electrons. The van der Waals surface area contributed by atoms with Gasteiger partial charge in [-0.05, 0) is 29.3 Å². The van der Waals surface area contributed by atoms with E-state index in [1.165, 1.54) is 12.9 Å². The molecule has 0 spiro atoms. The van der Waals surface area contributed by atoms with Gasteiger partial charge in [0.15, 0.2) is 5.85 Å². The van der Waals surface area contributed by atoms with Gasteiger partial charge in [0.05, 0.1) is 0 Å². The molecule has 5 heteroatoms. The summed E-state index contributed by atoms with van der Waals surface area (Å²) in [5.41, 5.74) is 1.46. The quantitative estimate of drug-likeness (QED) is 0.754. The Morgan fingerprint density at radius 2 is 1.76 bits per heavy atom. The van der Waals surface area contributed by atoms with Gasteiger partial charge < -0.3 is 9.63 Å². The van der Waals surface area contributed by atoms with Crippen molar-refractivity contribution in [1.29, 1.82) is 0 Å². The van der Waals surface area contributed by atoms with Gasteiger partial charge in [-0.2, -0.15) is 0 Å². The first kappa shape index (κ1) is 16.2. The minimum Gasteiger partial charge on any atom is -0.378 e. The fourth-order valence-electron chi connectivity index (χ4n) is 1.84. The number of aliphatic hydroxyl groups is 1. The summed E-state index contributed by atoms with van der Waals surface area (Å²) in [4.78, 5) is 0. The maximum atomic E-state index is 12.8. The minimum atomic E-state index is -3.33. The fourth-order valence-corrected chi connectivity index (χ4v) is 3.56. The van der Waals surface area contributed by atoms with E-state index in [0.717, 1.165) is 10.0 Å². The van der Waals surface area contributed by atoms with Crippen molar-refractivity contribution < 1.29 is 14.2 Å². The van der Waals surface area contributed by atoms with Crippen LogP contribution in [0.4, 0.5) is 0 Å². The Balaban J connectivity index is 2.26. The molecule has 2 aromatic rings. The summed E-state index contributed by atoms with van der Waals surface area (Å²) in [7, 11) is -1.99. The molecule has 0 aromatic heterocycles. The summed E-state index contributed by atoms with van der Waals surface area (Å²) in [6.07, 6.45) is 1.70. The molecule has 0 fully saturated rings. The van der Waals surface area contributed by atoms with E-state index in [0.29, 0.717) is 5.56 Å². The van der Waals surface area contributed by atoms with E-state index in [9.17, 15) is 9.67 Å². The van der Waals surface area contributed by atoms with Crippen LogP contribution in [0, 0.1) is 0 Å². The van der Waals surface area contributed by atoms with Crippen LogP contribution < -0.4 is 0 Å². The van der Waals surface area contributed by atoms with Gasteiger partial charge in [-0.3, -0.25) is 4.57 Å². The summed E-state index contributed by atoms with van der Waals surface area (Å²) in [5, 5.41) is 10.4. The van der Waals surface area contributed by atoms with Crippen LogP contribution in [0.2, 0.25) is 0 Å². The smallest absolute Gasteiger partial charge is 0.256 e. The third-order valence-electron chi connectivity index (χ3n) is 3.07. The van der Waals surface area contributed by atoms with E-state index >= 15 is 0 Å². The van der Waals surface area contributed by atoms with Gasteiger partial charge in [0, 0.05) is 17.4 Å². The molecule has 0 heterocycles.